The van der Waals surface area contributed by atoms with Gasteiger partial charge in [-0.1, -0.05) is 0 Å². The summed E-state index contributed by atoms with van der Waals surface area (Å²) in [5.74, 6) is 0.986. The van der Waals surface area contributed by atoms with E-state index in [4.69, 9.17) is 0 Å². The van der Waals surface area contributed by atoms with E-state index in [0.29, 0.717) is 4.75 Å². The van der Waals surface area contributed by atoms with Gasteiger partial charge in [0.15, 0.2) is 0 Å². The Morgan fingerprint density at radius 3 is 2.10 bits per heavy atom. The predicted molar refractivity (Wildman–Crippen MR) is 43.4 cm³/mol. The average Bonchev–Trinajstić information content (AvgIpc) is 2.48. The van der Waals surface area contributed by atoms with Gasteiger partial charge in [-0.25, -0.2) is 0 Å². The summed E-state index contributed by atoms with van der Waals surface area (Å²) in [6.07, 6.45) is 7.61. The lowest BCUT2D eigenvalue weighted by Crippen LogP contribution is -2.30. The van der Waals surface area contributed by atoms with Crippen LogP contribution in [0.3, 0.4) is 0 Å². The van der Waals surface area contributed by atoms with Crippen molar-refractivity contribution in [3.63, 3.8) is 0 Å². The molecule has 1 heterocycles. The molecular weight excluding hydrogens is 144 g/mol. The molecule has 0 aromatic rings. The summed E-state index contributed by atoms with van der Waals surface area (Å²) in [7, 11) is 0. The zero-order valence-corrected chi connectivity index (χ0v) is 7.08. The van der Waals surface area contributed by atoms with Gasteiger partial charge in [-0.2, -0.15) is 0 Å². The fourth-order valence-electron chi connectivity index (χ4n) is 2.35. The highest BCUT2D eigenvalue weighted by molar-refractivity contribution is 7.93. The van der Waals surface area contributed by atoms with E-state index in [1.807, 2.05) is 0 Å². The lowest BCUT2D eigenvalue weighted by atomic mass is 10.0. The zero-order valence-electron chi connectivity index (χ0n) is 6.27. The number of hydrogen-bond donors (Lipinski definition) is 0. The monoisotopic (exact) mass is 158 g/mol. The van der Waals surface area contributed by atoms with Crippen LogP contribution in [0.4, 0.5) is 0 Å². The first-order chi connectivity index (χ1) is 4.83. The van der Waals surface area contributed by atoms with Crippen LogP contribution >= 0.6 is 0 Å². The molecule has 10 heavy (non-hydrogen) atoms. The molecule has 1 atom stereocenters. The van der Waals surface area contributed by atoms with Crippen LogP contribution in [0, 0.1) is 0 Å². The Labute approximate surface area is 65.4 Å². The molecule has 2 heteroatoms. The second-order valence-corrected chi connectivity index (χ2v) is 5.51. The molecule has 0 bridgehead atoms. The minimum absolute atomic E-state index is 0.319. The molecular formula is C8H14OS. The van der Waals surface area contributed by atoms with Crippen LogP contribution in [0.15, 0.2) is 0 Å². The van der Waals surface area contributed by atoms with Gasteiger partial charge < -0.3 is 4.55 Å². The summed E-state index contributed by atoms with van der Waals surface area (Å²) in [6.45, 7) is 0. The second kappa shape index (κ2) is 2.42. The quantitative estimate of drug-likeness (QED) is 0.493. The first-order valence-electron chi connectivity index (χ1n) is 4.22. The first kappa shape index (κ1) is 6.99. The number of hydrogen-bond acceptors (Lipinski definition) is 1. The van der Waals surface area contributed by atoms with E-state index in [2.05, 4.69) is 0 Å². The van der Waals surface area contributed by atoms with Crippen LogP contribution in [0.5, 0.6) is 0 Å². The van der Waals surface area contributed by atoms with Gasteiger partial charge in [0.05, 0.1) is 0 Å². The molecule has 0 N–H and O–H groups in total. The van der Waals surface area contributed by atoms with Crippen LogP contribution in [-0.2, 0) is 11.2 Å². The third-order valence-corrected chi connectivity index (χ3v) is 5.20. The van der Waals surface area contributed by atoms with Gasteiger partial charge in [-0.05, 0) is 43.3 Å². The topological polar surface area (TPSA) is 23.1 Å². The smallest absolute Gasteiger partial charge is 0.125 e. The van der Waals surface area contributed by atoms with Crippen molar-refractivity contribution in [2.75, 3.05) is 5.75 Å². The predicted octanol–water partition coefficient (Wildman–Crippen LogP) is 1.84. The molecule has 2 aliphatic rings. The van der Waals surface area contributed by atoms with Gasteiger partial charge >= 0.3 is 0 Å². The van der Waals surface area contributed by atoms with E-state index in [1.54, 1.807) is 0 Å². The second-order valence-electron chi connectivity index (χ2n) is 3.54. The maximum atomic E-state index is 11.5. The summed E-state index contributed by atoms with van der Waals surface area (Å²) in [6, 6.07) is 0. The molecule has 1 aliphatic carbocycles. The van der Waals surface area contributed by atoms with Crippen LogP contribution in [-0.4, -0.2) is 15.1 Å². The zero-order chi connectivity index (χ0) is 7.03. The third kappa shape index (κ3) is 0.892. The number of rotatable bonds is 0. The summed E-state index contributed by atoms with van der Waals surface area (Å²) in [5, 5.41) is 0. The van der Waals surface area contributed by atoms with E-state index in [-0.39, 0.29) is 0 Å². The van der Waals surface area contributed by atoms with E-state index in [1.165, 1.54) is 38.5 Å². The summed E-state index contributed by atoms with van der Waals surface area (Å²) in [5.41, 5.74) is 0. The highest BCUT2D eigenvalue weighted by atomic mass is 32.2. The summed E-state index contributed by atoms with van der Waals surface area (Å²) < 4.78 is 11.8. The fourth-order valence-corrected chi connectivity index (χ4v) is 4.31. The minimum atomic E-state index is -0.457. The maximum Gasteiger partial charge on any atom is 0.125 e. The lowest BCUT2D eigenvalue weighted by Gasteiger charge is -2.24. The SMILES string of the molecule is [O-][S+]1CCCC12CCCC2. The van der Waals surface area contributed by atoms with E-state index >= 15 is 0 Å². The van der Waals surface area contributed by atoms with Crippen molar-refractivity contribution in [3.8, 4) is 0 Å². The van der Waals surface area contributed by atoms with Crippen LogP contribution in [0.2, 0.25) is 0 Å². The highest BCUT2D eigenvalue weighted by Gasteiger charge is 2.47. The standard InChI is InChI=1S/C8H14OS/c9-10-7-3-6-8(10)4-1-2-5-8/h1-7H2. The van der Waals surface area contributed by atoms with Crippen molar-refractivity contribution in [1.29, 1.82) is 0 Å². The maximum absolute atomic E-state index is 11.5. The van der Waals surface area contributed by atoms with Crippen LogP contribution < -0.4 is 0 Å². The molecule has 1 nitrogen and oxygen atoms in total. The Bertz CT molecular complexity index is 124. The third-order valence-electron chi connectivity index (χ3n) is 2.96. The largest absolute Gasteiger partial charge is 0.616 e. The summed E-state index contributed by atoms with van der Waals surface area (Å²) in [4.78, 5) is 0. The molecule has 0 amide bonds. The lowest BCUT2D eigenvalue weighted by molar-refractivity contribution is 0.517. The molecule has 2 rings (SSSR count). The Morgan fingerprint density at radius 1 is 1.00 bits per heavy atom. The Balaban J connectivity index is 2.11. The van der Waals surface area contributed by atoms with Gasteiger partial charge in [-0.3, -0.25) is 0 Å². The van der Waals surface area contributed by atoms with Crippen molar-refractivity contribution in [2.45, 2.75) is 43.3 Å². The fraction of sp³-hybridized carbons (Fsp3) is 1.00. The molecule has 1 saturated heterocycles. The Morgan fingerprint density at radius 2 is 1.60 bits per heavy atom. The average molecular weight is 158 g/mol. The molecule has 2 fully saturated rings. The van der Waals surface area contributed by atoms with Crippen molar-refractivity contribution >= 4 is 11.2 Å². The van der Waals surface area contributed by atoms with Gasteiger partial charge in [0, 0.05) is 6.42 Å². The molecule has 58 valence electrons. The van der Waals surface area contributed by atoms with Gasteiger partial charge in [0.25, 0.3) is 0 Å². The Kier molecular flexibility index (Phi) is 1.69. The van der Waals surface area contributed by atoms with Crippen molar-refractivity contribution in [1.82, 2.24) is 0 Å². The highest BCUT2D eigenvalue weighted by Crippen LogP contribution is 2.45. The van der Waals surface area contributed by atoms with Crippen molar-refractivity contribution in [2.24, 2.45) is 0 Å². The molecule has 1 unspecified atom stereocenters. The van der Waals surface area contributed by atoms with Gasteiger partial charge in [-0.15, -0.1) is 0 Å². The Hall–Kier alpha value is 0.310. The molecule has 1 spiro atoms. The molecule has 0 aromatic carbocycles. The molecule has 1 saturated carbocycles. The summed E-state index contributed by atoms with van der Waals surface area (Å²) >= 11 is -0.457. The van der Waals surface area contributed by atoms with E-state index < -0.39 is 11.2 Å². The normalized spacial score (nSPS) is 37.5. The molecule has 0 aromatic heterocycles. The first-order valence-corrected chi connectivity index (χ1v) is 5.54. The minimum Gasteiger partial charge on any atom is -0.616 e. The molecule has 0 radical (unpaired) electrons. The van der Waals surface area contributed by atoms with E-state index in [9.17, 15) is 4.55 Å². The van der Waals surface area contributed by atoms with Gasteiger partial charge in [0.1, 0.15) is 10.5 Å². The van der Waals surface area contributed by atoms with Crippen molar-refractivity contribution in [3.05, 3.63) is 0 Å². The van der Waals surface area contributed by atoms with Crippen LogP contribution in [0.25, 0.3) is 0 Å². The van der Waals surface area contributed by atoms with Gasteiger partial charge in [0.2, 0.25) is 0 Å². The van der Waals surface area contributed by atoms with E-state index in [0.717, 1.165) is 5.75 Å². The molecule has 1 aliphatic heterocycles. The van der Waals surface area contributed by atoms with Crippen molar-refractivity contribution < 1.29 is 4.55 Å². The van der Waals surface area contributed by atoms with Crippen LogP contribution in [0.1, 0.15) is 38.5 Å².